The summed E-state index contributed by atoms with van der Waals surface area (Å²) >= 11 is 3.55. The average molecular weight is 280 g/mol. The molecule has 1 fully saturated rings. The molecule has 1 aromatic rings. The maximum atomic E-state index is 3.80. The van der Waals surface area contributed by atoms with E-state index in [1.54, 1.807) is 0 Å². The van der Waals surface area contributed by atoms with E-state index in [1.807, 2.05) is 0 Å². The van der Waals surface area contributed by atoms with Crippen molar-refractivity contribution in [3.05, 3.63) is 33.8 Å². The van der Waals surface area contributed by atoms with E-state index in [9.17, 15) is 0 Å². The van der Waals surface area contributed by atoms with Crippen molar-refractivity contribution >= 4 is 15.9 Å². The van der Waals surface area contributed by atoms with Crippen LogP contribution in [0.5, 0.6) is 0 Å². The molecule has 1 aromatic carbocycles. The largest absolute Gasteiger partial charge is 0.307 e. The molecular formula is C14H18BrN. The predicted molar refractivity (Wildman–Crippen MR) is 70.5 cm³/mol. The van der Waals surface area contributed by atoms with Crippen LogP contribution < -0.4 is 5.32 Å². The lowest BCUT2D eigenvalue weighted by Gasteiger charge is -2.15. The highest BCUT2D eigenvalue weighted by molar-refractivity contribution is 9.10. The first kappa shape index (κ1) is 10.8. The Labute approximate surface area is 106 Å². The first-order valence-corrected chi connectivity index (χ1v) is 6.90. The number of hydrogen-bond donors (Lipinski definition) is 1. The van der Waals surface area contributed by atoms with E-state index in [0.717, 1.165) is 6.04 Å². The van der Waals surface area contributed by atoms with Crippen LogP contribution in [0.4, 0.5) is 0 Å². The molecular weight excluding hydrogens is 262 g/mol. The Morgan fingerprint density at radius 2 is 2.12 bits per heavy atom. The molecule has 0 spiro atoms. The summed E-state index contributed by atoms with van der Waals surface area (Å²) in [6.07, 6.45) is 3.81. The van der Waals surface area contributed by atoms with E-state index in [1.165, 1.54) is 34.9 Å². The van der Waals surface area contributed by atoms with Gasteiger partial charge in [0.15, 0.2) is 0 Å². The van der Waals surface area contributed by atoms with Crippen molar-refractivity contribution in [3.63, 3.8) is 0 Å². The molecule has 3 rings (SSSR count). The summed E-state index contributed by atoms with van der Waals surface area (Å²) in [4.78, 5) is 0. The molecule has 2 aliphatic carbocycles. The molecule has 0 aromatic heterocycles. The van der Waals surface area contributed by atoms with Crippen LogP contribution in [0.2, 0.25) is 0 Å². The lowest BCUT2D eigenvalue weighted by molar-refractivity contribution is 0.468. The molecule has 0 bridgehead atoms. The molecule has 0 amide bonds. The standard InChI is InChI=1S/C14H18BrN/c1-14(2)8-13(14)16-12-6-3-9-7-10(15)4-5-11(9)12/h4-5,7,12-13,16H,3,6,8H2,1-2H3. The highest BCUT2D eigenvalue weighted by atomic mass is 79.9. The zero-order chi connectivity index (χ0) is 11.3. The molecule has 16 heavy (non-hydrogen) atoms. The van der Waals surface area contributed by atoms with Gasteiger partial charge in [-0.25, -0.2) is 0 Å². The van der Waals surface area contributed by atoms with E-state index in [2.05, 4.69) is 53.3 Å². The van der Waals surface area contributed by atoms with Crippen molar-refractivity contribution in [1.82, 2.24) is 5.32 Å². The fourth-order valence-electron chi connectivity index (χ4n) is 2.75. The van der Waals surface area contributed by atoms with Crippen LogP contribution in [0.25, 0.3) is 0 Å². The van der Waals surface area contributed by atoms with Crippen molar-refractivity contribution in [1.29, 1.82) is 0 Å². The summed E-state index contributed by atoms with van der Waals surface area (Å²) in [5.74, 6) is 0. The number of rotatable bonds is 2. The predicted octanol–water partition coefficient (Wildman–Crippen LogP) is 3.82. The van der Waals surface area contributed by atoms with E-state index >= 15 is 0 Å². The second kappa shape index (κ2) is 3.58. The van der Waals surface area contributed by atoms with Gasteiger partial charge in [0, 0.05) is 16.6 Å². The summed E-state index contributed by atoms with van der Waals surface area (Å²) in [6.45, 7) is 4.70. The van der Waals surface area contributed by atoms with Crippen molar-refractivity contribution in [2.24, 2.45) is 5.41 Å². The first-order chi connectivity index (χ1) is 7.56. The van der Waals surface area contributed by atoms with Crippen LogP contribution in [-0.2, 0) is 6.42 Å². The summed E-state index contributed by atoms with van der Waals surface area (Å²) in [7, 11) is 0. The highest BCUT2D eigenvalue weighted by Gasteiger charge is 2.46. The van der Waals surface area contributed by atoms with Crippen molar-refractivity contribution in [3.8, 4) is 0 Å². The van der Waals surface area contributed by atoms with Gasteiger partial charge in [-0.05, 0) is 47.9 Å². The first-order valence-electron chi connectivity index (χ1n) is 6.11. The number of halogens is 1. The lowest BCUT2D eigenvalue weighted by atomic mass is 10.1. The maximum absolute atomic E-state index is 3.80. The van der Waals surface area contributed by atoms with Crippen LogP contribution >= 0.6 is 15.9 Å². The summed E-state index contributed by atoms with van der Waals surface area (Å²) in [5, 5.41) is 3.80. The normalized spacial score (nSPS) is 30.2. The Bertz CT molecular complexity index is 425. The number of benzene rings is 1. The van der Waals surface area contributed by atoms with Gasteiger partial charge in [-0.3, -0.25) is 0 Å². The van der Waals surface area contributed by atoms with Crippen LogP contribution in [-0.4, -0.2) is 6.04 Å². The zero-order valence-corrected chi connectivity index (χ0v) is 11.5. The van der Waals surface area contributed by atoms with Gasteiger partial charge in [0.1, 0.15) is 0 Å². The van der Waals surface area contributed by atoms with Gasteiger partial charge in [-0.15, -0.1) is 0 Å². The van der Waals surface area contributed by atoms with E-state index in [4.69, 9.17) is 0 Å². The Morgan fingerprint density at radius 1 is 1.38 bits per heavy atom. The number of nitrogens with one attached hydrogen (secondary N) is 1. The van der Waals surface area contributed by atoms with E-state index < -0.39 is 0 Å². The topological polar surface area (TPSA) is 12.0 Å². The summed E-state index contributed by atoms with van der Waals surface area (Å²) in [6, 6.07) is 8.03. The smallest absolute Gasteiger partial charge is 0.0328 e. The molecule has 0 saturated heterocycles. The van der Waals surface area contributed by atoms with Gasteiger partial charge in [-0.1, -0.05) is 35.8 Å². The van der Waals surface area contributed by atoms with Gasteiger partial charge >= 0.3 is 0 Å². The third kappa shape index (κ3) is 1.82. The van der Waals surface area contributed by atoms with Crippen LogP contribution in [0.15, 0.2) is 22.7 Å². The summed E-state index contributed by atoms with van der Waals surface area (Å²) in [5.41, 5.74) is 3.56. The number of hydrogen-bond acceptors (Lipinski definition) is 1. The molecule has 2 atom stereocenters. The molecule has 2 heteroatoms. The molecule has 2 aliphatic rings. The monoisotopic (exact) mass is 279 g/mol. The molecule has 0 aliphatic heterocycles. The second-order valence-electron chi connectivity index (χ2n) is 5.85. The lowest BCUT2D eigenvalue weighted by Crippen LogP contribution is -2.24. The highest BCUT2D eigenvalue weighted by Crippen LogP contribution is 2.47. The Kier molecular flexibility index (Phi) is 2.41. The molecule has 0 heterocycles. The fourth-order valence-corrected chi connectivity index (χ4v) is 3.16. The fraction of sp³-hybridized carbons (Fsp3) is 0.571. The van der Waals surface area contributed by atoms with Crippen LogP contribution in [0.3, 0.4) is 0 Å². The van der Waals surface area contributed by atoms with Gasteiger partial charge in [-0.2, -0.15) is 0 Å². The van der Waals surface area contributed by atoms with Gasteiger partial charge in [0.25, 0.3) is 0 Å². The SMILES string of the molecule is CC1(C)CC1NC1CCc2cc(Br)ccc21. The van der Waals surface area contributed by atoms with Crippen LogP contribution in [0, 0.1) is 5.41 Å². The minimum Gasteiger partial charge on any atom is -0.307 e. The third-order valence-electron chi connectivity index (χ3n) is 4.10. The third-order valence-corrected chi connectivity index (χ3v) is 4.59. The zero-order valence-electron chi connectivity index (χ0n) is 9.89. The summed E-state index contributed by atoms with van der Waals surface area (Å²) < 4.78 is 1.21. The molecule has 86 valence electrons. The number of fused-ring (bicyclic) bond motifs is 1. The average Bonchev–Trinajstić information content (AvgIpc) is 2.65. The van der Waals surface area contributed by atoms with Gasteiger partial charge in [0.2, 0.25) is 0 Å². The van der Waals surface area contributed by atoms with Crippen molar-refractivity contribution in [2.45, 2.75) is 45.2 Å². The minimum atomic E-state index is 0.526. The minimum absolute atomic E-state index is 0.526. The molecule has 1 saturated carbocycles. The quantitative estimate of drug-likeness (QED) is 0.868. The van der Waals surface area contributed by atoms with Crippen molar-refractivity contribution < 1.29 is 0 Å². The van der Waals surface area contributed by atoms with Crippen LogP contribution in [0.1, 0.15) is 43.9 Å². The Hall–Kier alpha value is -0.340. The van der Waals surface area contributed by atoms with Crippen molar-refractivity contribution in [2.75, 3.05) is 0 Å². The molecule has 2 unspecified atom stereocenters. The second-order valence-corrected chi connectivity index (χ2v) is 6.76. The molecule has 1 nitrogen and oxygen atoms in total. The molecule has 1 N–H and O–H groups in total. The maximum Gasteiger partial charge on any atom is 0.0328 e. The molecule has 0 radical (unpaired) electrons. The van der Waals surface area contributed by atoms with E-state index in [0.29, 0.717) is 11.5 Å². The Balaban J connectivity index is 1.77. The number of aryl methyl sites for hydroxylation is 1. The van der Waals surface area contributed by atoms with Gasteiger partial charge in [0.05, 0.1) is 0 Å². The van der Waals surface area contributed by atoms with E-state index in [-0.39, 0.29) is 0 Å². The Morgan fingerprint density at radius 3 is 2.81 bits per heavy atom. The van der Waals surface area contributed by atoms with Gasteiger partial charge < -0.3 is 5.32 Å².